The number of hydrogen-bond donors (Lipinski definition) is 2. The Morgan fingerprint density at radius 1 is 0.970 bits per heavy atom. The number of halogens is 2. The molecule has 3 aromatic carbocycles. The van der Waals surface area contributed by atoms with Crippen LogP contribution in [0.4, 0.5) is 5.69 Å². The highest BCUT2D eigenvalue weighted by molar-refractivity contribution is 6.31. The molecule has 0 heterocycles. The Labute approximate surface area is 202 Å². The van der Waals surface area contributed by atoms with Gasteiger partial charge in [0.1, 0.15) is 18.8 Å². The highest BCUT2D eigenvalue weighted by atomic mass is 35.5. The second kappa shape index (κ2) is 12.0. The molecule has 0 aliphatic heterocycles. The summed E-state index contributed by atoms with van der Waals surface area (Å²) in [4.78, 5) is 24.3. The van der Waals surface area contributed by atoms with Gasteiger partial charge in [-0.15, -0.1) is 0 Å². The first-order chi connectivity index (χ1) is 15.9. The summed E-state index contributed by atoms with van der Waals surface area (Å²) in [6, 6.07) is 19.9. The van der Waals surface area contributed by atoms with Gasteiger partial charge in [0.05, 0.1) is 6.21 Å². The topological polar surface area (TPSA) is 79.8 Å². The summed E-state index contributed by atoms with van der Waals surface area (Å²) in [6.45, 7) is 2.30. The second-order valence-corrected chi connectivity index (χ2v) is 8.00. The van der Waals surface area contributed by atoms with Gasteiger partial charge >= 0.3 is 0 Å². The number of hydrazone groups is 1. The van der Waals surface area contributed by atoms with E-state index in [1.807, 2.05) is 43.3 Å². The molecule has 8 heteroatoms. The third kappa shape index (κ3) is 7.63. The maximum Gasteiger partial charge on any atom is 0.249 e. The van der Waals surface area contributed by atoms with Crippen molar-refractivity contribution in [3.63, 3.8) is 0 Å². The minimum Gasteiger partial charge on any atom is -0.488 e. The van der Waals surface area contributed by atoms with Gasteiger partial charge < -0.3 is 10.1 Å². The lowest BCUT2D eigenvalue weighted by Gasteiger charge is -2.10. The predicted octanol–water partition coefficient (Wildman–Crippen LogP) is 5.61. The van der Waals surface area contributed by atoms with Crippen LogP contribution in [-0.4, -0.2) is 18.0 Å². The van der Waals surface area contributed by atoms with E-state index in [1.54, 1.807) is 30.3 Å². The number of nitrogens with one attached hydrogen (secondary N) is 2. The number of amides is 2. The van der Waals surface area contributed by atoms with Crippen LogP contribution in [0.15, 0.2) is 71.8 Å². The third-order valence-corrected chi connectivity index (χ3v) is 5.11. The zero-order valence-corrected chi connectivity index (χ0v) is 19.5. The fraction of sp³-hybridized carbons (Fsp3) is 0.160. The SMILES string of the molecule is CCc1ccccc1NC(=O)CC(=O)NN=Cc1cc(Cl)ccc1OCc1cccc(Cl)c1. The van der Waals surface area contributed by atoms with E-state index >= 15 is 0 Å². The van der Waals surface area contributed by atoms with Gasteiger partial charge in [-0.25, -0.2) is 5.43 Å². The van der Waals surface area contributed by atoms with Crippen LogP contribution in [0.25, 0.3) is 0 Å². The van der Waals surface area contributed by atoms with Crippen molar-refractivity contribution >= 4 is 46.9 Å². The fourth-order valence-corrected chi connectivity index (χ4v) is 3.44. The quantitative estimate of drug-likeness (QED) is 0.235. The molecule has 3 rings (SSSR count). The molecule has 0 atom stereocenters. The first kappa shape index (κ1) is 24.3. The van der Waals surface area contributed by atoms with Crippen LogP contribution < -0.4 is 15.5 Å². The van der Waals surface area contributed by atoms with Gasteiger partial charge in [0.15, 0.2) is 0 Å². The molecule has 0 bridgehead atoms. The molecule has 2 amide bonds. The van der Waals surface area contributed by atoms with Crippen molar-refractivity contribution in [2.24, 2.45) is 5.10 Å². The first-order valence-corrected chi connectivity index (χ1v) is 11.1. The van der Waals surface area contributed by atoms with Crippen molar-refractivity contribution in [2.45, 2.75) is 26.4 Å². The molecule has 0 aliphatic carbocycles. The molecule has 3 aromatic rings. The van der Waals surface area contributed by atoms with Crippen LogP contribution in [0.3, 0.4) is 0 Å². The summed E-state index contributed by atoms with van der Waals surface area (Å²) < 4.78 is 5.86. The average molecular weight is 484 g/mol. The lowest BCUT2D eigenvalue weighted by atomic mass is 10.1. The summed E-state index contributed by atoms with van der Waals surface area (Å²) >= 11 is 12.1. The van der Waals surface area contributed by atoms with Crippen LogP contribution >= 0.6 is 23.2 Å². The lowest BCUT2D eigenvalue weighted by Crippen LogP contribution is -2.25. The molecule has 0 saturated heterocycles. The molecule has 170 valence electrons. The molecule has 0 spiro atoms. The monoisotopic (exact) mass is 483 g/mol. The standard InChI is InChI=1S/C25H23Cl2N3O3/c1-2-18-7-3-4-9-22(18)29-24(31)14-25(32)30-28-15-19-13-21(27)10-11-23(19)33-16-17-6-5-8-20(26)12-17/h3-13,15H,2,14,16H2,1H3,(H,29,31)(H,30,32). The van der Waals surface area contributed by atoms with Crippen molar-refractivity contribution in [2.75, 3.05) is 5.32 Å². The Morgan fingerprint density at radius 2 is 1.76 bits per heavy atom. The minimum absolute atomic E-state index is 0.300. The van der Waals surface area contributed by atoms with E-state index < -0.39 is 11.8 Å². The number of anilines is 1. The van der Waals surface area contributed by atoms with E-state index in [4.69, 9.17) is 27.9 Å². The van der Waals surface area contributed by atoms with Crippen molar-refractivity contribution in [1.82, 2.24) is 5.43 Å². The number of rotatable bonds is 9. The van der Waals surface area contributed by atoms with Crippen molar-refractivity contribution in [1.29, 1.82) is 0 Å². The molecule has 0 radical (unpaired) electrons. The van der Waals surface area contributed by atoms with Gasteiger partial charge in [-0.3, -0.25) is 9.59 Å². The Balaban J connectivity index is 1.57. The van der Waals surface area contributed by atoms with E-state index in [1.165, 1.54) is 6.21 Å². The lowest BCUT2D eigenvalue weighted by molar-refractivity contribution is -0.126. The number of nitrogens with zero attached hydrogens (tertiary/aromatic N) is 1. The van der Waals surface area contributed by atoms with Gasteiger partial charge in [0.2, 0.25) is 11.8 Å². The first-order valence-electron chi connectivity index (χ1n) is 10.3. The fourth-order valence-electron chi connectivity index (χ4n) is 3.04. The molecule has 0 aliphatic rings. The highest BCUT2D eigenvalue weighted by Crippen LogP contribution is 2.23. The van der Waals surface area contributed by atoms with E-state index in [0.717, 1.165) is 17.5 Å². The van der Waals surface area contributed by atoms with Crippen molar-refractivity contribution in [3.8, 4) is 5.75 Å². The zero-order chi connectivity index (χ0) is 23.6. The van der Waals surface area contributed by atoms with E-state index in [2.05, 4.69) is 15.8 Å². The summed E-state index contributed by atoms with van der Waals surface area (Å²) in [5.74, 6) is -0.427. The van der Waals surface area contributed by atoms with Gasteiger partial charge in [-0.05, 0) is 53.9 Å². The van der Waals surface area contributed by atoms with Crippen LogP contribution in [0.5, 0.6) is 5.75 Å². The number of carbonyl (C=O) groups excluding carboxylic acids is 2. The maximum atomic E-state index is 12.2. The largest absolute Gasteiger partial charge is 0.488 e. The number of ether oxygens (including phenoxy) is 1. The molecule has 6 nitrogen and oxygen atoms in total. The van der Waals surface area contributed by atoms with Crippen LogP contribution in [0.2, 0.25) is 10.0 Å². The normalized spacial score (nSPS) is 10.8. The summed E-state index contributed by atoms with van der Waals surface area (Å²) in [6.07, 6.45) is 1.83. The molecular formula is C25H23Cl2N3O3. The summed E-state index contributed by atoms with van der Waals surface area (Å²) in [5, 5.41) is 7.81. The predicted molar refractivity (Wildman–Crippen MR) is 132 cm³/mol. The van der Waals surface area contributed by atoms with Crippen LogP contribution in [-0.2, 0) is 22.6 Å². The molecule has 0 unspecified atom stereocenters. The van der Waals surface area contributed by atoms with Crippen LogP contribution in [0.1, 0.15) is 30.0 Å². The number of para-hydroxylation sites is 1. The molecule has 33 heavy (non-hydrogen) atoms. The van der Waals surface area contributed by atoms with Crippen molar-refractivity contribution in [3.05, 3.63) is 93.5 Å². The maximum absolute atomic E-state index is 12.2. The average Bonchev–Trinajstić information content (AvgIpc) is 2.79. The molecule has 0 saturated carbocycles. The van der Waals surface area contributed by atoms with Gasteiger partial charge in [-0.2, -0.15) is 5.10 Å². The number of aryl methyl sites for hydroxylation is 1. The molecular weight excluding hydrogens is 461 g/mol. The van der Waals surface area contributed by atoms with E-state index in [-0.39, 0.29) is 6.42 Å². The van der Waals surface area contributed by atoms with Crippen LogP contribution in [0, 0.1) is 0 Å². The Hall–Kier alpha value is -3.35. The Bertz CT molecular complexity index is 1170. The van der Waals surface area contributed by atoms with Gasteiger partial charge in [0, 0.05) is 21.3 Å². The van der Waals surface area contributed by atoms with Crippen molar-refractivity contribution < 1.29 is 14.3 Å². The summed E-state index contributed by atoms with van der Waals surface area (Å²) in [7, 11) is 0. The summed E-state index contributed by atoms with van der Waals surface area (Å²) in [5.41, 5.74) is 5.53. The highest BCUT2D eigenvalue weighted by Gasteiger charge is 2.11. The van der Waals surface area contributed by atoms with Gasteiger partial charge in [-0.1, -0.05) is 60.5 Å². The Kier molecular flexibility index (Phi) is 8.87. The minimum atomic E-state index is -0.541. The van der Waals surface area contributed by atoms with E-state index in [0.29, 0.717) is 33.7 Å². The molecule has 0 aromatic heterocycles. The smallest absolute Gasteiger partial charge is 0.249 e. The second-order valence-electron chi connectivity index (χ2n) is 7.13. The molecule has 0 fully saturated rings. The Morgan fingerprint density at radius 3 is 2.55 bits per heavy atom. The number of hydrogen-bond acceptors (Lipinski definition) is 4. The van der Waals surface area contributed by atoms with Gasteiger partial charge in [0.25, 0.3) is 0 Å². The third-order valence-electron chi connectivity index (χ3n) is 4.64. The molecule has 2 N–H and O–H groups in total. The number of benzene rings is 3. The van der Waals surface area contributed by atoms with E-state index in [9.17, 15) is 9.59 Å². The zero-order valence-electron chi connectivity index (χ0n) is 18.0. The number of carbonyl (C=O) groups is 2.